The summed E-state index contributed by atoms with van der Waals surface area (Å²) in [5.74, 6) is 2.17. The van der Waals surface area contributed by atoms with Crippen molar-refractivity contribution in [1.29, 1.82) is 0 Å². The Labute approximate surface area is 107 Å². The SMILES string of the molecule is CCSC1CCCC1Nc1c(N)c(C)nn1C. The van der Waals surface area contributed by atoms with Gasteiger partial charge in [0.15, 0.2) is 0 Å². The van der Waals surface area contributed by atoms with Crippen molar-refractivity contribution in [2.45, 2.75) is 44.4 Å². The van der Waals surface area contributed by atoms with E-state index in [9.17, 15) is 0 Å². The number of nitrogens with two attached hydrogens (primary N) is 1. The third-order valence-electron chi connectivity index (χ3n) is 3.42. The molecule has 3 N–H and O–H groups in total. The van der Waals surface area contributed by atoms with E-state index in [0.717, 1.165) is 22.4 Å². The summed E-state index contributed by atoms with van der Waals surface area (Å²) in [6.45, 7) is 4.18. The standard InChI is InChI=1S/C12H22N4S/c1-4-17-10-7-5-6-9(10)14-12-11(13)8(2)15-16(12)3/h9-10,14H,4-7,13H2,1-3H3. The Bertz CT molecular complexity index is 388. The Balaban J connectivity index is 2.09. The molecule has 0 bridgehead atoms. The van der Waals surface area contributed by atoms with Crippen LogP contribution in [0.4, 0.5) is 11.5 Å². The summed E-state index contributed by atoms with van der Waals surface area (Å²) in [6, 6.07) is 0.539. The van der Waals surface area contributed by atoms with Crippen molar-refractivity contribution in [2.75, 3.05) is 16.8 Å². The van der Waals surface area contributed by atoms with Gasteiger partial charge in [-0.05, 0) is 25.5 Å². The summed E-state index contributed by atoms with van der Waals surface area (Å²) in [5.41, 5.74) is 7.75. The number of rotatable bonds is 4. The van der Waals surface area contributed by atoms with Gasteiger partial charge >= 0.3 is 0 Å². The van der Waals surface area contributed by atoms with Crippen LogP contribution in [0.3, 0.4) is 0 Å². The van der Waals surface area contributed by atoms with Gasteiger partial charge in [-0.15, -0.1) is 0 Å². The van der Waals surface area contributed by atoms with Gasteiger partial charge in [-0.1, -0.05) is 13.3 Å². The van der Waals surface area contributed by atoms with Gasteiger partial charge < -0.3 is 11.1 Å². The highest BCUT2D eigenvalue weighted by atomic mass is 32.2. The monoisotopic (exact) mass is 254 g/mol. The van der Waals surface area contributed by atoms with E-state index in [1.54, 1.807) is 0 Å². The first-order valence-corrected chi connectivity index (χ1v) is 7.35. The fourth-order valence-electron chi connectivity index (χ4n) is 2.53. The Kier molecular flexibility index (Phi) is 3.86. The molecule has 1 aliphatic carbocycles. The van der Waals surface area contributed by atoms with Crippen molar-refractivity contribution in [3.05, 3.63) is 5.69 Å². The van der Waals surface area contributed by atoms with Crippen LogP contribution in [-0.4, -0.2) is 26.8 Å². The summed E-state index contributed by atoms with van der Waals surface area (Å²) < 4.78 is 1.86. The molecule has 2 atom stereocenters. The zero-order valence-electron chi connectivity index (χ0n) is 10.9. The lowest BCUT2D eigenvalue weighted by Gasteiger charge is -2.21. The first-order valence-electron chi connectivity index (χ1n) is 6.30. The highest BCUT2D eigenvalue weighted by Crippen LogP contribution is 2.33. The highest BCUT2D eigenvalue weighted by Gasteiger charge is 2.28. The van der Waals surface area contributed by atoms with Gasteiger partial charge in [0.05, 0.1) is 11.4 Å². The van der Waals surface area contributed by atoms with Crippen LogP contribution in [-0.2, 0) is 7.05 Å². The Hall–Kier alpha value is -0.840. The molecule has 0 aliphatic heterocycles. The van der Waals surface area contributed by atoms with E-state index in [1.807, 2.05) is 18.7 Å². The minimum absolute atomic E-state index is 0.539. The van der Waals surface area contributed by atoms with E-state index < -0.39 is 0 Å². The topological polar surface area (TPSA) is 55.9 Å². The molecular weight excluding hydrogens is 232 g/mol. The van der Waals surface area contributed by atoms with Crippen molar-refractivity contribution in [3.8, 4) is 0 Å². The van der Waals surface area contributed by atoms with Crippen LogP contribution in [0.25, 0.3) is 0 Å². The number of nitrogens with zero attached hydrogens (tertiary/aromatic N) is 2. The molecule has 5 heteroatoms. The van der Waals surface area contributed by atoms with Crippen LogP contribution >= 0.6 is 11.8 Å². The van der Waals surface area contributed by atoms with Gasteiger partial charge in [0, 0.05) is 18.3 Å². The zero-order chi connectivity index (χ0) is 12.4. The molecule has 1 aromatic rings. The van der Waals surface area contributed by atoms with E-state index in [4.69, 9.17) is 5.73 Å². The van der Waals surface area contributed by atoms with Gasteiger partial charge in [-0.3, -0.25) is 4.68 Å². The van der Waals surface area contributed by atoms with Crippen molar-refractivity contribution in [2.24, 2.45) is 7.05 Å². The fraction of sp³-hybridized carbons (Fsp3) is 0.750. The molecule has 0 spiro atoms. The maximum Gasteiger partial charge on any atom is 0.148 e. The number of anilines is 2. The number of aryl methyl sites for hydroxylation is 2. The summed E-state index contributed by atoms with van der Waals surface area (Å²) in [5, 5.41) is 8.65. The maximum atomic E-state index is 6.05. The summed E-state index contributed by atoms with van der Waals surface area (Å²) in [4.78, 5) is 0. The van der Waals surface area contributed by atoms with Crippen molar-refractivity contribution >= 4 is 23.3 Å². The van der Waals surface area contributed by atoms with Gasteiger partial charge in [0.25, 0.3) is 0 Å². The van der Waals surface area contributed by atoms with Crippen molar-refractivity contribution in [1.82, 2.24) is 9.78 Å². The third kappa shape index (κ3) is 2.54. The predicted molar refractivity (Wildman–Crippen MR) is 75.5 cm³/mol. The molecule has 4 nitrogen and oxygen atoms in total. The quantitative estimate of drug-likeness (QED) is 0.866. The zero-order valence-corrected chi connectivity index (χ0v) is 11.7. The van der Waals surface area contributed by atoms with E-state index in [2.05, 4.69) is 29.1 Å². The number of hydrogen-bond donors (Lipinski definition) is 2. The summed E-state index contributed by atoms with van der Waals surface area (Å²) in [7, 11) is 1.95. The minimum atomic E-state index is 0.539. The van der Waals surface area contributed by atoms with E-state index in [0.29, 0.717) is 6.04 Å². The van der Waals surface area contributed by atoms with Crippen LogP contribution < -0.4 is 11.1 Å². The lowest BCUT2D eigenvalue weighted by Crippen LogP contribution is -2.27. The van der Waals surface area contributed by atoms with E-state index in [1.165, 1.54) is 25.0 Å². The number of hydrogen-bond acceptors (Lipinski definition) is 4. The van der Waals surface area contributed by atoms with Crippen LogP contribution in [0.5, 0.6) is 0 Å². The number of aromatic nitrogens is 2. The van der Waals surface area contributed by atoms with Crippen LogP contribution in [0.15, 0.2) is 0 Å². The predicted octanol–water partition coefficient (Wildman–Crippen LogP) is 2.40. The highest BCUT2D eigenvalue weighted by molar-refractivity contribution is 7.99. The van der Waals surface area contributed by atoms with Crippen LogP contribution in [0, 0.1) is 6.92 Å². The molecule has 96 valence electrons. The summed E-state index contributed by atoms with van der Waals surface area (Å²) in [6.07, 6.45) is 3.86. The molecule has 1 aliphatic rings. The van der Waals surface area contributed by atoms with E-state index >= 15 is 0 Å². The number of nitrogen functional groups attached to an aromatic ring is 1. The van der Waals surface area contributed by atoms with Crippen LogP contribution in [0.1, 0.15) is 31.9 Å². The lowest BCUT2D eigenvalue weighted by atomic mass is 10.2. The Morgan fingerprint density at radius 3 is 2.88 bits per heavy atom. The third-order valence-corrected chi connectivity index (χ3v) is 4.75. The second kappa shape index (κ2) is 5.21. The molecule has 0 amide bonds. The first-order chi connectivity index (χ1) is 8.13. The Morgan fingerprint density at radius 1 is 1.53 bits per heavy atom. The van der Waals surface area contributed by atoms with Gasteiger partial charge in [-0.2, -0.15) is 16.9 Å². The van der Waals surface area contributed by atoms with E-state index in [-0.39, 0.29) is 0 Å². The number of nitrogens with one attached hydrogen (secondary N) is 1. The minimum Gasteiger partial charge on any atom is -0.394 e. The molecular formula is C12H22N4S. The second-order valence-corrected chi connectivity index (χ2v) is 6.16. The second-order valence-electron chi connectivity index (χ2n) is 4.65. The molecule has 1 saturated carbocycles. The summed E-state index contributed by atoms with van der Waals surface area (Å²) >= 11 is 2.05. The van der Waals surface area contributed by atoms with Gasteiger partial charge in [-0.25, -0.2) is 0 Å². The van der Waals surface area contributed by atoms with Crippen LogP contribution in [0.2, 0.25) is 0 Å². The van der Waals surface area contributed by atoms with Crippen molar-refractivity contribution in [3.63, 3.8) is 0 Å². The molecule has 2 unspecified atom stereocenters. The smallest absolute Gasteiger partial charge is 0.148 e. The molecule has 0 saturated heterocycles. The van der Waals surface area contributed by atoms with Crippen molar-refractivity contribution < 1.29 is 0 Å². The molecule has 2 rings (SSSR count). The molecule has 1 aromatic heterocycles. The number of thioether (sulfide) groups is 1. The first kappa shape index (κ1) is 12.6. The average molecular weight is 254 g/mol. The largest absolute Gasteiger partial charge is 0.394 e. The molecule has 1 heterocycles. The Morgan fingerprint density at radius 2 is 2.29 bits per heavy atom. The fourth-order valence-corrected chi connectivity index (χ4v) is 3.72. The molecule has 1 fully saturated rings. The van der Waals surface area contributed by atoms with Gasteiger partial charge in [0.2, 0.25) is 0 Å². The lowest BCUT2D eigenvalue weighted by molar-refractivity contribution is 0.715. The molecule has 0 radical (unpaired) electrons. The average Bonchev–Trinajstić information content (AvgIpc) is 2.81. The van der Waals surface area contributed by atoms with Gasteiger partial charge in [0.1, 0.15) is 5.82 Å². The molecule has 0 aromatic carbocycles. The molecule has 17 heavy (non-hydrogen) atoms. The maximum absolute atomic E-state index is 6.05. The normalized spacial score (nSPS) is 24.2.